The number of hydrogen-bond donors (Lipinski definition) is 1. The van der Waals surface area contributed by atoms with Crippen LogP contribution in [0.3, 0.4) is 0 Å². The third-order valence-electron chi connectivity index (χ3n) is 6.04. The van der Waals surface area contributed by atoms with E-state index in [-0.39, 0.29) is 24.0 Å². The molecule has 7 nitrogen and oxygen atoms in total. The number of hydrogen-bond acceptors (Lipinski definition) is 4. The Morgan fingerprint density at radius 1 is 1.03 bits per heavy atom. The van der Waals surface area contributed by atoms with Gasteiger partial charge in [0.25, 0.3) is 0 Å². The van der Waals surface area contributed by atoms with Crippen LogP contribution in [-0.2, 0) is 19.5 Å². The molecule has 1 fully saturated rings. The first-order chi connectivity index (χ1) is 15.3. The standard InChI is InChI=1S/C24H35N7.HI/c1-2-25-24(26-20-23-28-27-22-13-7-4-8-15-31(22)23)30-18-16-29(17-19-30)14-9-12-21-10-5-3-6-11-21;/h3,5-6,9-12H,2,4,7-8,13-20H2,1H3,(H,25,26);1H/b12-9+;. The van der Waals surface area contributed by atoms with Crippen molar-refractivity contribution in [2.45, 2.75) is 45.7 Å². The van der Waals surface area contributed by atoms with E-state index < -0.39 is 0 Å². The number of aromatic nitrogens is 3. The lowest BCUT2D eigenvalue weighted by Gasteiger charge is -2.36. The van der Waals surface area contributed by atoms with E-state index in [2.05, 4.69) is 79.3 Å². The van der Waals surface area contributed by atoms with E-state index in [1.165, 1.54) is 24.8 Å². The molecule has 1 aromatic carbocycles. The molecule has 0 saturated carbocycles. The highest BCUT2D eigenvalue weighted by atomic mass is 127. The molecular formula is C24H36IN7. The molecule has 1 saturated heterocycles. The number of aryl methyl sites for hydroxylation is 1. The second-order valence-electron chi connectivity index (χ2n) is 8.27. The second-order valence-corrected chi connectivity index (χ2v) is 8.27. The van der Waals surface area contributed by atoms with Crippen LogP contribution in [0.1, 0.15) is 43.4 Å². The van der Waals surface area contributed by atoms with Crippen LogP contribution in [0.15, 0.2) is 41.4 Å². The predicted molar refractivity (Wildman–Crippen MR) is 141 cm³/mol. The minimum Gasteiger partial charge on any atom is -0.357 e. The van der Waals surface area contributed by atoms with Gasteiger partial charge in [-0.25, -0.2) is 4.99 Å². The number of fused-ring (bicyclic) bond motifs is 1. The first-order valence-electron chi connectivity index (χ1n) is 11.7. The van der Waals surface area contributed by atoms with Crippen LogP contribution < -0.4 is 5.32 Å². The molecular weight excluding hydrogens is 513 g/mol. The van der Waals surface area contributed by atoms with E-state index in [4.69, 9.17) is 4.99 Å². The first-order valence-corrected chi connectivity index (χ1v) is 11.7. The molecule has 0 bridgehead atoms. The van der Waals surface area contributed by atoms with Crippen LogP contribution in [0, 0.1) is 0 Å². The number of aliphatic imine (C=N–C) groups is 1. The Bertz CT molecular complexity index is 870. The van der Waals surface area contributed by atoms with Gasteiger partial charge < -0.3 is 14.8 Å². The van der Waals surface area contributed by atoms with Gasteiger partial charge >= 0.3 is 0 Å². The van der Waals surface area contributed by atoms with Gasteiger partial charge in [0.2, 0.25) is 0 Å². The van der Waals surface area contributed by atoms with Gasteiger partial charge in [-0.2, -0.15) is 0 Å². The highest BCUT2D eigenvalue weighted by Crippen LogP contribution is 2.15. The zero-order chi connectivity index (χ0) is 21.3. The summed E-state index contributed by atoms with van der Waals surface area (Å²) in [5, 5.41) is 12.3. The maximum Gasteiger partial charge on any atom is 0.194 e. The fourth-order valence-electron chi connectivity index (χ4n) is 4.28. The minimum atomic E-state index is 0. The van der Waals surface area contributed by atoms with E-state index in [0.717, 1.165) is 69.8 Å². The summed E-state index contributed by atoms with van der Waals surface area (Å²) in [7, 11) is 0. The molecule has 0 amide bonds. The van der Waals surface area contributed by atoms with Crippen LogP contribution in [0.2, 0.25) is 0 Å². The molecule has 2 aliphatic heterocycles. The normalized spacial score (nSPS) is 17.7. The fourth-order valence-corrected chi connectivity index (χ4v) is 4.28. The Kier molecular flexibility index (Phi) is 9.98. The molecule has 174 valence electrons. The van der Waals surface area contributed by atoms with Crippen molar-refractivity contribution in [3.05, 3.63) is 53.6 Å². The van der Waals surface area contributed by atoms with Gasteiger partial charge in [-0.05, 0) is 25.3 Å². The Morgan fingerprint density at radius 3 is 2.62 bits per heavy atom. The Morgan fingerprint density at radius 2 is 1.84 bits per heavy atom. The number of rotatable bonds is 6. The number of guanidine groups is 1. The summed E-state index contributed by atoms with van der Waals surface area (Å²) >= 11 is 0. The van der Waals surface area contributed by atoms with E-state index in [1.807, 2.05) is 0 Å². The van der Waals surface area contributed by atoms with Crippen LogP contribution in [-0.4, -0.2) is 69.8 Å². The lowest BCUT2D eigenvalue weighted by atomic mass is 10.2. The highest BCUT2D eigenvalue weighted by Gasteiger charge is 2.20. The molecule has 1 N–H and O–H groups in total. The van der Waals surface area contributed by atoms with E-state index in [1.54, 1.807) is 0 Å². The van der Waals surface area contributed by atoms with Crippen molar-refractivity contribution in [3.63, 3.8) is 0 Å². The minimum absolute atomic E-state index is 0. The lowest BCUT2D eigenvalue weighted by Crippen LogP contribution is -2.52. The number of piperazine rings is 1. The van der Waals surface area contributed by atoms with Gasteiger partial charge in [0, 0.05) is 52.2 Å². The Labute approximate surface area is 209 Å². The summed E-state index contributed by atoms with van der Waals surface area (Å²) in [6, 6.07) is 10.5. The zero-order valence-corrected chi connectivity index (χ0v) is 21.4. The van der Waals surface area contributed by atoms with Crippen molar-refractivity contribution in [2.24, 2.45) is 4.99 Å². The van der Waals surface area contributed by atoms with Crippen LogP contribution in [0.4, 0.5) is 0 Å². The molecule has 32 heavy (non-hydrogen) atoms. The highest BCUT2D eigenvalue weighted by molar-refractivity contribution is 14.0. The number of benzene rings is 1. The summed E-state index contributed by atoms with van der Waals surface area (Å²) in [4.78, 5) is 9.79. The SMILES string of the molecule is CCNC(=NCc1nnc2n1CCCCC2)N1CCN(C/C=C/c2ccccc2)CC1.I. The molecule has 0 radical (unpaired) electrons. The summed E-state index contributed by atoms with van der Waals surface area (Å²) in [5.74, 6) is 3.12. The third kappa shape index (κ3) is 6.78. The molecule has 0 unspecified atom stereocenters. The van der Waals surface area contributed by atoms with Crippen molar-refractivity contribution in [2.75, 3.05) is 39.3 Å². The second kappa shape index (κ2) is 12.9. The maximum atomic E-state index is 4.92. The topological polar surface area (TPSA) is 61.6 Å². The summed E-state index contributed by atoms with van der Waals surface area (Å²) in [5.41, 5.74) is 1.26. The lowest BCUT2D eigenvalue weighted by molar-refractivity contribution is 0.194. The van der Waals surface area contributed by atoms with E-state index in [9.17, 15) is 0 Å². The van der Waals surface area contributed by atoms with Crippen molar-refractivity contribution < 1.29 is 0 Å². The number of nitrogens with zero attached hydrogens (tertiary/aromatic N) is 6. The van der Waals surface area contributed by atoms with Crippen LogP contribution in [0.5, 0.6) is 0 Å². The summed E-state index contributed by atoms with van der Waals surface area (Å²) in [6.45, 7) is 9.68. The molecule has 1 aromatic heterocycles. The van der Waals surface area contributed by atoms with Crippen molar-refractivity contribution in [1.29, 1.82) is 0 Å². The fraction of sp³-hybridized carbons (Fsp3) is 0.542. The van der Waals surface area contributed by atoms with Gasteiger partial charge in [-0.15, -0.1) is 34.2 Å². The molecule has 4 rings (SSSR count). The first kappa shape index (κ1) is 24.7. The number of nitrogens with one attached hydrogen (secondary N) is 1. The molecule has 2 aliphatic rings. The Hall–Kier alpha value is -1.94. The van der Waals surface area contributed by atoms with Crippen LogP contribution >= 0.6 is 24.0 Å². The predicted octanol–water partition coefficient (Wildman–Crippen LogP) is 3.42. The monoisotopic (exact) mass is 549 g/mol. The summed E-state index contributed by atoms with van der Waals surface area (Å²) in [6.07, 6.45) is 9.22. The average molecular weight is 550 g/mol. The van der Waals surface area contributed by atoms with Gasteiger partial charge in [0.1, 0.15) is 12.4 Å². The molecule has 0 atom stereocenters. The summed E-state index contributed by atoms with van der Waals surface area (Å²) < 4.78 is 2.29. The average Bonchev–Trinajstić information content (AvgIpc) is 3.03. The smallest absolute Gasteiger partial charge is 0.194 e. The van der Waals surface area contributed by atoms with Gasteiger partial charge in [0.15, 0.2) is 11.8 Å². The third-order valence-corrected chi connectivity index (χ3v) is 6.04. The van der Waals surface area contributed by atoms with Crippen LogP contribution in [0.25, 0.3) is 6.08 Å². The molecule has 0 spiro atoms. The maximum absolute atomic E-state index is 4.92. The van der Waals surface area contributed by atoms with Crippen molar-refractivity contribution >= 4 is 36.0 Å². The molecule has 3 heterocycles. The largest absolute Gasteiger partial charge is 0.357 e. The Balaban J connectivity index is 0.00000289. The zero-order valence-electron chi connectivity index (χ0n) is 19.1. The van der Waals surface area contributed by atoms with Crippen molar-refractivity contribution in [1.82, 2.24) is 29.9 Å². The van der Waals surface area contributed by atoms with Gasteiger partial charge in [-0.1, -0.05) is 48.9 Å². The quantitative estimate of drug-likeness (QED) is 0.340. The van der Waals surface area contributed by atoms with Gasteiger partial charge in [0.05, 0.1) is 0 Å². The molecule has 0 aliphatic carbocycles. The van der Waals surface area contributed by atoms with Crippen molar-refractivity contribution in [3.8, 4) is 0 Å². The number of halogens is 1. The molecule has 8 heteroatoms. The van der Waals surface area contributed by atoms with E-state index in [0.29, 0.717) is 6.54 Å². The van der Waals surface area contributed by atoms with E-state index >= 15 is 0 Å². The van der Waals surface area contributed by atoms with Gasteiger partial charge in [-0.3, -0.25) is 4.90 Å². The molecule has 2 aromatic rings.